The van der Waals surface area contributed by atoms with Crippen LogP contribution in [0.15, 0.2) is 53.4 Å². The first-order chi connectivity index (χ1) is 14.3. The molecule has 160 valence electrons. The number of hydrogen-bond acceptors (Lipinski definition) is 5. The number of rotatable bonds is 7. The molecule has 7 nitrogen and oxygen atoms in total. The summed E-state index contributed by atoms with van der Waals surface area (Å²) in [5.41, 5.74) is 0.866. The maximum absolute atomic E-state index is 12.9. The fourth-order valence-electron chi connectivity index (χ4n) is 3.15. The molecule has 1 saturated heterocycles. The summed E-state index contributed by atoms with van der Waals surface area (Å²) in [5.74, 6) is -1.62. The molecule has 1 amide bonds. The minimum Gasteiger partial charge on any atom is -0.455 e. The molecule has 9 heteroatoms. The number of esters is 1. The first-order valence-electron chi connectivity index (χ1n) is 9.65. The Hall–Kier alpha value is -2.78. The third-order valence-electron chi connectivity index (χ3n) is 4.70. The van der Waals surface area contributed by atoms with E-state index < -0.39 is 34.3 Å². The van der Waals surface area contributed by atoms with Crippen LogP contribution in [-0.2, 0) is 30.8 Å². The summed E-state index contributed by atoms with van der Waals surface area (Å²) in [6.07, 6.45) is 2.59. The van der Waals surface area contributed by atoms with Crippen molar-refractivity contribution in [1.82, 2.24) is 4.31 Å². The van der Waals surface area contributed by atoms with Gasteiger partial charge < -0.3 is 10.1 Å². The maximum atomic E-state index is 12.9. The molecule has 30 heavy (non-hydrogen) atoms. The number of benzene rings is 2. The first kappa shape index (κ1) is 21.9. The Bertz CT molecular complexity index is 1000. The van der Waals surface area contributed by atoms with E-state index in [1.807, 2.05) is 0 Å². The summed E-state index contributed by atoms with van der Waals surface area (Å²) >= 11 is 0. The fraction of sp³-hybridized carbons (Fsp3) is 0.333. The van der Waals surface area contributed by atoms with Gasteiger partial charge >= 0.3 is 5.97 Å². The Balaban J connectivity index is 1.54. The minimum atomic E-state index is -3.61. The van der Waals surface area contributed by atoms with Crippen molar-refractivity contribution in [3.05, 3.63) is 59.9 Å². The van der Waals surface area contributed by atoms with E-state index in [1.54, 1.807) is 12.1 Å². The molecule has 1 aliphatic heterocycles. The van der Waals surface area contributed by atoms with Gasteiger partial charge in [0.05, 0.1) is 11.3 Å². The normalized spacial score (nSPS) is 14.8. The first-order valence-corrected chi connectivity index (χ1v) is 11.1. The smallest absolute Gasteiger partial charge is 0.310 e. The molecule has 0 unspecified atom stereocenters. The number of ether oxygens (including phenoxy) is 1. The lowest BCUT2D eigenvalue weighted by atomic mass is 10.1. The van der Waals surface area contributed by atoms with Gasteiger partial charge in [0.25, 0.3) is 5.91 Å². The van der Waals surface area contributed by atoms with E-state index in [4.69, 9.17) is 4.74 Å². The molecule has 0 spiro atoms. The van der Waals surface area contributed by atoms with Gasteiger partial charge in [-0.05, 0) is 48.7 Å². The summed E-state index contributed by atoms with van der Waals surface area (Å²) in [7, 11) is -3.61. The van der Waals surface area contributed by atoms with Gasteiger partial charge in [-0.25, -0.2) is 12.8 Å². The van der Waals surface area contributed by atoms with Crippen LogP contribution < -0.4 is 5.32 Å². The second-order valence-electron chi connectivity index (χ2n) is 7.00. The van der Waals surface area contributed by atoms with Gasteiger partial charge in [-0.2, -0.15) is 4.31 Å². The van der Waals surface area contributed by atoms with Crippen molar-refractivity contribution in [3.8, 4) is 0 Å². The zero-order valence-corrected chi connectivity index (χ0v) is 17.2. The lowest BCUT2D eigenvalue weighted by Crippen LogP contribution is -2.35. The topological polar surface area (TPSA) is 92.8 Å². The molecule has 1 fully saturated rings. The summed E-state index contributed by atoms with van der Waals surface area (Å²) in [5, 5.41) is 2.54. The highest BCUT2D eigenvalue weighted by molar-refractivity contribution is 7.89. The van der Waals surface area contributed by atoms with Gasteiger partial charge in [0, 0.05) is 18.8 Å². The van der Waals surface area contributed by atoms with Crippen molar-refractivity contribution >= 4 is 27.6 Å². The third-order valence-corrected chi connectivity index (χ3v) is 6.59. The molecular weight excluding hydrogens is 411 g/mol. The van der Waals surface area contributed by atoms with E-state index in [-0.39, 0.29) is 11.3 Å². The zero-order valence-electron chi connectivity index (χ0n) is 16.3. The predicted octanol–water partition coefficient (Wildman–Crippen LogP) is 2.72. The Morgan fingerprint density at radius 2 is 1.73 bits per heavy atom. The molecule has 2 aromatic rings. The highest BCUT2D eigenvalue weighted by Gasteiger charge is 2.26. The molecule has 1 heterocycles. The monoisotopic (exact) mass is 434 g/mol. The maximum Gasteiger partial charge on any atom is 0.310 e. The van der Waals surface area contributed by atoms with E-state index in [0.717, 1.165) is 19.3 Å². The van der Waals surface area contributed by atoms with Crippen LogP contribution in [0.3, 0.4) is 0 Å². The van der Waals surface area contributed by atoms with Gasteiger partial charge in [-0.15, -0.1) is 0 Å². The number of halogens is 1. The SMILES string of the molecule is O=C(COC(=O)Cc1ccc(F)cc1)Nc1cccc(S(=O)(=O)N2CCCCC2)c1. The Morgan fingerprint density at radius 1 is 1.03 bits per heavy atom. The molecule has 1 N–H and O–H groups in total. The summed E-state index contributed by atoms with van der Waals surface area (Å²) < 4.78 is 44.8. The van der Waals surface area contributed by atoms with Crippen LogP contribution in [-0.4, -0.2) is 44.3 Å². The number of piperidine rings is 1. The van der Waals surface area contributed by atoms with E-state index >= 15 is 0 Å². The summed E-state index contributed by atoms with van der Waals surface area (Å²) in [6, 6.07) is 11.4. The van der Waals surface area contributed by atoms with Crippen molar-refractivity contribution in [2.24, 2.45) is 0 Å². The lowest BCUT2D eigenvalue weighted by Gasteiger charge is -2.26. The van der Waals surface area contributed by atoms with Crippen molar-refractivity contribution < 1.29 is 27.1 Å². The number of hydrogen-bond donors (Lipinski definition) is 1. The molecule has 0 bridgehead atoms. The second kappa shape index (κ2) is 9.82. The zero-order chi connectivity index (χ0) is 21.6. The number of carbonyl (C=O) groups excluding carboxylic acids is 2. The van der Waals surface area contributed by atoms with E-state index in [2.05, 4.69) is 5.32 Å². The molecule has 0 aliphatic carbocycles. The standard InChI is InChI=1S/C21H23FN2O5S/c22-17-9-7-16(8-10-17)13-21(26)29-15-20(25)23-18-5-4-6-19(14-18)30(27,28)24-11-2-1-3-12-24/h4-10,14H,1-3,11-13,15H2,(H,23,25). The van der Waals surface area contributed by atoms with Gasteiger partial charge in [-0.1, -0.05) is 24.6 Å². The molecule has 0 atom stereocenters. The number of anilines is 1. The van der Waals surface area contributed by atoms with Crippen molar-refractivity contribution in [1.29, 1.82) is 0 Å². The average Bonchev–Trinajstić information content (AvgIpc) is 2.75. The van der Waals surface area contributed by atoms with E-state index in [0.29, 0.717) is 24.3 Å². The molecule has 2 aromatic carbocycles. The number of nitrogens with one attached hydrogen (secondary N) is 1. The molecule has 1 aliphatic rings. The highest BCUT2D eigenvalue weighted by Crippen LogP contribution is 2.22. The quantitative estimate of drug-likeness (QED) is 0.677. The molecular formula is C21H23FN2O5S. The lowest BCUT2D eigenvalue weighted by molar-refractivity contribution is -0.146. The average molecular weight is 434 g/mol. The number of nitrogens with zero attached hydrogens (tertiary/aromatic N) is 1. The Kier molecular flexibility index (Phi) is 7.17. The van der Waals surface area contributed by atoms with Crippen LogP contribution in [0.5, 0.6) is 0 Å². The van der Waals surface area contributed by atoms with Crippen LogP contribution in [0.4, 0.5) is 10.1 Å². The van der Waals surface area contributed by atoms with Gasteiger partial charge in [0.15, 0.2) is 6.61 Å². The van der Waals surface area contributed by atoms with Crippen LogP contribution >= 0.6 is 0 Å². The molecule has 3 rings (SSSR count). The summed E-state index contributed by atoms with van der Waals surface area (Å²) in [6.45, 7) is 0.467. The number of amides is 1. The Morgan fingerprint density at radius 3 is 2.43 bits per heavy atom. The highest BCUT2D eigenvalue weighted by atomic mass is 32.2. The van der Waals surface area contributed by atoms with E-state index in [1.165, 1.54) is 40.7 Å². The number of carbonyl (C=O) groups is 2. The third kappa shape index (κ3) is 5.87. The van der Waals surface area contributed by atoms with Crippen molar-refractivity contribution in [2.45, 2.75) is 30.6 Å². The van der Waals surface area contributed by atoms with Crippen molar-refractivity contribution in [2.75, 3.05) is 25.0 Å². The van der Waals surface area contributed by atoms with Crippen LogP contribution in [0.1, 0.15) is 24.8 Å². The van der Waals surface area contributed by atoms with Gasteiger partial charge in [0.1, 0.15) is 5.82 Å². The van der Waals surface area contributed by atoms with Crippen LogP contribution in [0, 0.1) is 5.82 Å². The van der Waals surface area contributed by atoms with Crippen molar-refractivity contribution in [3.63, 3.8) is 0 Å². The van der Waals surface area contributed by atoms with Crippen LogP contribution in [0.25, 0.3) is 0 Å². The van der Waals surface area contributed by atoms with Gasteiger partial charge in [-0.3, -0.25) is 9.59 Å². The largest absolute Gasteiger partial charge is 0.455 e. The predicted molar refractivity (Wildman–Crippen MR) is 109 cm³/mol. The van der Waals surface area contributed by atoms with Gasteiger partial charge in [0.2, 0.25) is 10.0 Å². The minimum absolute atomic E-state index is 0.0862. The summed E-state index contributed by atoms with van der Waals surface area (Å²) in [4.78, 5) is 24.0. The molecule has 0 aromatic heterocycles. The van der Waals surface area contributed by atoms with Crippen LogP contribution in [0.2, 0.25) is 0 Å². The second-order valence-corrected chi connectivity index (χ2v) is 8.94. The Labute approximate surface area is 174 Å². The van der Waals surface area contributed by atoms with E-state index in [9.17, 15) is 22.4 Å². The molecule has 0 radical (unpaired) electrons. The molecule has 0 saturated carbocycles. The number of sulfonamides is 1. The fourth-order valence-corrected chi connectivity index (χ4v) is 4.72.